The van der Waals surface area contributed by atoms with Crippen molar-refractivity contribution < 1.29 is 9.22 Å². The first-order chi connectivity index (χ1) is 19.7. The van der Waals surface area contributed by atoms with Gasteiger partial charge in [0.1, 0.15) is 18.7 Å². The van der Waals surface area contributed by atoms with E-state index < -0.39 is 0 Å². The van der Waals surface area contributed by atoms with Gasteiger partial charge in [-0.05, 0) is 51.2 Å². The molecule has 0 aliphatic carbocycles. The van der Waals surface area contributed by atoms with Gasteiger partial charge in [0.15, 0.2) is 0 Å². The lowest BCUT2D eigenvalue weighted by molar-refractivity contribution is -0.984. The van der Waals surface area contributed by atoms with Crippen LogP contribution in [0, 0.1) is 11.8 Å². The van der Waals surface area contributed by atoms with E-state index in [0.29, 0.717) is 24.5 Å². The van der Waals surface area contributed by atoms with Gasteiger partial charge in [-0.3, -0.25) is 4.98 Å². The molecule has 3 aliphatic rings. The van der Waals surface area contributed by atoms with E-state index in [1.807, 2.05) is 12.3 Å². The second-order valence-corrected chi connectivity index (χ2v) is 11.8. The van der Waals surface area contributed by atoms with Crippen molar-refractivity contribution in [2.45, 2.75) is 31.5 Å². The van der Waals surface area contributed by atoms with E-state index >= 15 is 0 Å². The molecule has 5 atom stereocenters. The standard InChI is InChI=1S/C37H37N2O/c1-3-21-40-37(33-17-19-38-35-16-10-9-15-32(33)35)36-23-27-18-20-39(36,24-26(27)4-2)25-34-30-13-7-5-11-28(30)22-29-12-6-8-14-31(29)34/h3-17,19,22,26-27,36-37H,1-2,18,20-21,23-25H2/q+1/t26-,27?,36+,37?,39?/m0/s1. The first kappa shape index (κ1) is 25.2. The van der Waals surface area contributed by atoms with Crippen LogP contribution in [-0.2, 0) is 11.3 Å². The van der Waals surface area contributed by atoms with Gasteiger partial charge in [-0.1, -0.05) is 78.9 Å². The molecule has 40 heavy (non-hydrogen) atoms. The van der Waals surface area contributed by atoms with Crippen molar-refractivity contribution in [3.8, 4) is 0 Å². The van der Waals surface area contributed by atoms with Crippen LogP contribution in [0.5, 0.6) is 0 Å². The lowest BCUT2D eigenvalue weighted by Crippen LogP contribution is -2.67. The van der Waals surface area contributed by atoms with Gasteiger partial charge >= 0.3 is 0 Å². The van der Waals surface area contributed by atoms with Gasteiger partial charge in [0.2, 0.25) is 0 Å². The number of piperidine rings is 3. The van der Waals surface area contributed by atoms with E-state index in [9.17, 15) is 0 Å². The molecule has 0 spiro atoms. The van der Waals surface area contributed by atoms with E-state index in [1.54, 1.807) is 0 Å². The van der Waals surface area contributed by atoms with Crippen LogP contribution in [0.25, 0.3) is 32.4 Å². The quantitative estimate of drug-likeness (QED) is 0.115. The van der Waals surface area contributed by atoms with Crippen molar-refractivity contribution in [3.05, 3.63) is 128 Å². The molecule has 3 nitrogen and oxygen atoms in total. The van der Waals surface area contributed by atoms with Gasteiger partial charge in [-0.2, -0.15) is 0 Å². The number of benzene rings is 4. The predicted molar refractivity (Wildman–Crippen MR) is 166 cm³/mol. The Labute approximate surface area is 237 Å². The summed E-state index contributed by atoms with van der Waals surface area (Å²) in [5.41, 5.74) is 3.74. The highest BCUT2D eigenvalue weighted by Gasteiger charge is 2.54. The number of fused-ring (bicyclic) bond motifs is 6. The largest absolute Gasteiger partial charge is 0.363 e. The molecule has 8 rings (SSSR count). The van der Waals surface area contributed by atoms with Crippen LogP contribution in [0.15, 0.2) is 116 Å². The van der Waals surface area contributed by atoms with Crippen LogP contribution < -0.4 is 0 Å². The van der Waals surface area contributed by atoms with Crippen LogP contribution in [-0.4, -0.2) is 35.2 Å². The van der Waals surface area contributed by atoms with Crippen LogP contribution in [0.3, 0.4) is 0 Å². The SMILES string of the molecule is C=CCOC(c1ccnc2ccccc12)[C@H]1CC2CC[N+]1(Cc1c3ccccc3cc3ccccc13)C[C@@H]2C=C. The maximum atomic E-state index is 6.80. The van der Waals surface area contributed by atoms with E-state index in [0.717, 1.165) is 36.1 Å². The zero-order valence-electron chi connectivity index (χ0n) is 23.1. The Bertz CT molecular complexity index is 1670. The Balaban J connectivity index is 1.41. The van der Waals surface area contributed by atoms with Gasteiger partial charge in [0.05, 0.1) is 25.2 Å². The summed E-state index contributed by atoms with van der Waals surface area (Å²) in [4.78, 5) is 4.68. The van der Waals surface area contributed by atoms with E-state index in [1.165, 1.54) is 44.5 Å². The van der Waals surface area contributed by atoms with Gasteiger partial charge in [0, 0.05) is 35.9 Å². The maximum absolute atomic E-state index is 6.80. The van der Waals surface area contributed by atoms with Crippen LogP contribution >= 0.6 is 0 Å². The molecule has 3 heteroatoms. The first-order valence-corrected chi connectivity index (χ1v) is 14.6. The highest BCUT2D eigenvalue weighted by Crippen LogP contribution is 2.50. The van der Waals surface area contributed by atoms with Crippen LogP contribution in [0.4, 0.5) is 0 Å². The molecule has 3 saturated heterocycles. The summed E-state index contributed by atoms with van der Waals surface area (Å²) in [5.74, 6) is 1.18. The van der Waals surface area contributed by atoms with E-state index in [2.05, 4.69) is 109 Å². The molecule has 5 aromatic rings. The molecule has 3 unspecified atom stereocenters. The summed E-state index contributed by atoms with van der Waals surface area (Å²) in [7, 11) is 0. The van der Waals surface area contributed by atoms with Gasteiger partial charge in [0.25, 0.3) is 0 Å². The molecule has 3 aliphatic heterocycles. The zero-order valence-corrected chi connectivity index (χ0v) is 23.1. The maximum Gasteiger partial charge on any atom is 0.135 e. The summed E-state index contributed by atoms with van der Waals surface area (Å²) >= 11 is 0. The van der Waals surface area contributed by atoms with Gasteiger partial charge in [-0.15, -0.1) is 13.2 Å². The number of para-hydroxylation sites is 1. The number of aromatic nitrogens is 1. The fourth-order valence-corrected chi connectivity index (χ4v) is 7.90. The second kappa shape index (κ2) is 10.3. The number of hydrogen-bond donors (Lipinski definition) is 0. The molecule has 4 aromatic carbocycles. The third-order valence-corrected chi connectivity index (χ3v) is 9.76. The Morgan fingerprint density at radius 2 is 1.60 bits per heavy atom. The fraction of sp³-hybridized carbons (Fsp3) is 0.270. The van der Waals surface area contributed by atoms with Crippen molar-refractivity contribution in [1.29, 1.82) is 0 Å². The molecule has 0 amide bonds. The van der Waals surface area contributed by atoms with Gasteiger partial charge < -0.3 is 9.22 Å². The average Bonchev–Trinajstić information content (AvgIpc) is 3.01. The second-order valence-electron chi connectivity index (χ2n) is 11.8. The third-order valence-electron chi connectivity index (χ3n) is 9.76. The molecule has 0 radical (unpaired) electrons. The number of nitrogens with zero attached hydrogens (tertiary/aromatic N) is 2. The molecule has 0 N–H and O–H groups in total. The van der Waals surface area contributed by atoms with Crippen molar-refractivity contribution in [2.75, 3.05) is 19.7 Å². The smallest absolute Gasteiger partial charge is 0.135 e. The number of rotatable bonds is 8. The van der Waals surface area contributed by atoms with Crippen molar-refractivity contribution in [3.63, 3.8) is 0 Å². The highest BCUT2D eigenvalue weighted by molar-refractivity contribution is 6.02. The Morgan fingerprint density at radius 3 is 2.33 bits per heavy atom. The van der Waals surface area contributed by atoms with Crippen LogP contribution in [0.2, 0.25) is 0 Å². The Morgan fingerprint density at radius 1 is 0.900 bits per heavy atom. The van der Waals surface area contributed by atoms with Crippen molar-refractivity contribution in [2.24, 2.45) is 11.8 Å². The number of pyridine rings is 1. The third kappa shape index (κ3) is 4.16. The zero-order chi connectivity index (χ0) is 27.1. The Kier molecular flexibility index (Phi) is 6.50. The number of quaternary nitrogens is 1. The number of ether oxygens (including phenoxy) is 1. The lowest BCUT2D eigenvalue weighted by Gasteiger charge is -2.58. The molecule has 1 aromatic heterocycles. The van der Waals surface area contributed by atoms with Crippen molar-refractivity contribution in [1.82, 2.24) is 4.98 Å². The minimum atomic E-state index is -0.0410. The monoisotopic (exact) mass is 525 g/mol. The topological polar surface area (TPSA) is 22.1 Å². The fourth-order valence-electron chi connectivity index (χ4n) is 7.90. The highest BCUT2D eigenvalue weighted by atomic mass is 16.5. The van der Waals surface area contributed by atoms with E-state index in [-0.39, 0.29) is 6.10 Å². The summed E-state index contributed by atoms with van der Waals surface area (Å²) in [6.45, 7) is 12.1. The molecular formula is C37H37N2O+. The first-order valence-electron chi connectivity index (χ1n) is 14.6. The van der Waals surface area contributed by atoms with Crippen molar-refractivity contribution >= 4 is 32.4 Å². The average molecular weight is 526 g/mol. The van der Waals surface area contributed by atoms with E-state index in [4.69, 9.17) is 4.74 Å². The minimum absolute atomic E-state index is 0.0410. The number of hydrogen-bond acceptors (Lipinski definition) is 2. The predicted octanol–water partition coefficient (Wildman–Crippen LogP) is 8.40. The summed E-state index contributed by atoms with van der Waals surface area (Å²) in [6.07, 6.45) is 8.41. The molecule has 200 valence electrons. The summed E-state index contributed by atoms with van der Waals surface area (Å²) in [5, 5.41) is 6.56. The summed E-state index contributed by atoms with van der Waals surface area (Å²) in [6, 6.07) is 31.2. The molecule has 4 heterocycles. The molecular weight excluding hydrogens is 488 g/mol. The van der Waals surface area contributed by atoms with Crippen LogP contribution in [0.1, 0.15) is 30.1 Å². The minimum Gasteiger partial charge on any atom is -0.363 e. The molecule has 2 bridgehead atoms. The Hall–Kier alpha value is -3.79. The molecule has 0 saturated carbocycles. The van der Waals surface area contributed by atoms with Gasteiger partial charge in [-0.25, -0.2) is 0 Å². The molecule has 3 fully saturated rings. The summed E-state index contributed by atoms with van der Waals surface area (Å²) < 4.78 is 7.81. The normalized spacial score (nSPS) is 24.9. The lowest BCUT2D eigenvalue weighted by atomic mass is 9.70.